The Hall–Kier alpha value is -0.180. The summed E-state index contributed by atoms with van der Waals surface area (Å²) < 4.78 is 26.8. The van der Waals surface area contributed by atoms with Crippen molar-refractivity contribution in [1.82, 2.24) is 4.31 Å². The minimum absolute atomic E-state index is 0.0291. The fourth-order valence-electron chi connectivity index (χ4n) is 1.73. The molecule has 1 aliphatic rings. The van der Waals surface area contributed by atoms with Gasteiger partial charge in [-0.2, -0.15) is 4.31 Å². The lowest BCUT2D eigenvalue weighted by molar-refractivity contribution is 0.472. The van der Waals surface area contributed by atoms with Crippen LogP contribution in [0.1, 0.15) is 6.42 Å². The van der Waals surface area contributed by atoms with E-state index in [1.807, 2.05) is 0 Å². The average Bonchev–Trinajstić information content (AvgIpc) is 2.66. The van der Waals surface area contributed by atoms with Gasteiger partial charge in [-0.25, -0.2) is 8.42 Å². The quantitative estimate of drug-likeness (QED) is 0.809. The molecule has 16 heavy (non-hydrogen) atoms. The Balaban J connectivity index is 2.29. The van der Waals surface area contributed by atoms with E-state index in [-0.39, 0.29) is 6.04 Å². The summed E-state index contributed by atoms with van der Waals surface area (Å²) in [6.07, 6.45) is 0.740. The van der Waals surface area contributed by atoms with Crippen LogP contribution in [0, 0.1) is 3.57 Å². The first-order valence-corrected chi connectivity index (χ1v) is 7.53. The number of sulfonamides is 1. The summed E-state index contributed by atoms with van der Waals surface area (Å²) in [6, 6.07) is 6.84. The van der Waals surface area contributed by atoms with E-state index in [4.69, 9.17) is 5.73 Å². The monoisotopic (exact) mass is 352 g/mol. The van der Waals surface area contributed by atoms with Crippen LogP contribution in [0.15, 0.2) is 29.2 Å². The van der Waals surface area contributed by atoms with Crippen LogP contribution in [0.4, 0.5) is 0 Å². The van der Waals surface area contributed by atoms with Gasteiger partial charge >= 0.3 is 0 Å². The maximum absolute atomic E-state index is 12.2. The van der Waals surface area contributed by atoms with Crippen LogP contribution in [0.3, 0.4) is 0 Å². The molecule has 0 aliphatic carbocycles. The van der Waals surface area contributed by atoms with Gasteiger partial charge in [-0.3, -0.25) is 0 Å². The molecule has 2 rings (SSSR count). The molecule has 6 heteroatoms. The number of nitrogens with two attached hydrogens (primary N) is 1. The topological polar surface area (TPSA) is 63.4 Å². The molecule has 1 fully saturated rings. The van der Waals surface area contributed by atoms with Crippen LogP contribution in [-0.4, -0.2) is 31.9 Å². The van der Waals surface area contributed by atoms with Gasteiger partial charge in [0.05, 0.1) is 4.90 Å². The Kier molecular flexibility index (Phi) is 3.53. The zero-order valence-corrected chi connectivity index (χ0v) is 11.6. The van der Waals surface area contributed by atoms with E-state index in [0.29, 0.717) is 18.0 Å². The van der Waals surface area contributed by atoms with Crippen molar-refractivity contribution in [3.05, 3.63) is 27.8 Å². The summed E-state index contributed by atoms with van der Waals surface area (Å²) >= 11 is 2.15. The molecule has 0 aromatic heterocycles. The summed E-state index contributed by atoms with van der Waals surface area (Å²) in [5.41, 5.74) is 5.72. The van der Waals surface area contributed by atoms with Crippen molar-refractivity contribution in [2.45, 2.75) is 17.4 Å². The molecule has 0 saturated carbocycles. The van der Waals surface area contributed by atoms with E-state index in [0.717, 1.165) is 9.99 Å². The van der Waals surface area contributed by atoms with Gasteiger partial charge in [0.15, 0.2) is 0 Å². The molecule has 1 aromatic carbocycles. The predicted molar refractivity (Wildman–Crippen MR) is 70.5 cm³/mol. The first-order valence-electron chi connectivity index (χ1n) is 5.01. The van der Waals surface area contributed by atoms with E-state index in [1.165, 1.54) is 4.31 Å². The van der Waals surface area contributed by atoms with Gasteiger partial charge in [0.2, 0.25) is 10.0 Å². The smallest absolute Gasteiger partial charge is 0.243 e. The first-order chi connectivity index (χ1) is 7.50. The molecule has 1 saturated heterocycles. The summed E-state index contributed by atoms with van der Waals surface area (Å²) in [6.45, 7) is 0.948. The molecule has 4 nitrogen and oxygen atoms in total. The minimum atomic E-state index is -3.34. The number of halogens is 1. The molecule has 2 N–H and O–H groups in total. The summed E-state index contributed by atoms with van der Waals surface area (Å²) in [4.78, 5) is 0.349. The molecule has 0 unspecified atom stereocenters. The van der Waals surface area contributed by atoms with Gasteiger partial charge in [0, 0.05) is 22.7 Å². The summed E-state index contributed by atoms with van der Waals surface area (Å²) in [7, 11) is -3.34. The van der Waals surface area contributed by atoms with Crippen molar-refractivity contribution in [3.63, 3.8) is 0 Å². The summed E-state index contributed by atoms with van der Waals surface area (Å²) in [5.74, 6) is 0. The van der Waals surface area contributed by atoms with E-state index in [1.54, 1.807) is 24.3 Å². The Morgan fingerprint density at radius 1 is 1.31 bits per heavy atom. The second-order valence-electron chi connectivity index (χ2n) is 3.87. The maximum Gasteiger partial charge on any atom is 0.243 e. The van der Waals surface area contributed by atoms with Crippen molar-refractivity contribution < 1.29 is 8.42 Å². The minimum Gasteiger partial charge on any atom is -0.326 e. The molecule has 0 spiro atoms. The van der Waals surface area contributed by atoms with Crippen molar-refractivity contribution in [2.24, 2.45) is 5.73 Å². The van der Waals surface area contributed by atoms with Gasteiger partial charge in [-0.05, 0) is 53.3 Å². The highest BCUT2D eigenvalue weighted by atomic mass is 127. The molecule has 0 amide bonds. The van der Waals surface area contributed by atoms with E-state index in [2.05, 4.69) is 22.6 Å². The normalized spacial score (nSPS) is 22.5. The summed E-state index contributed by atoms with van der Waals surface area (Å²) in [5, 5.41) is 0. The lowest BCUT2D eigenvalue weighted by Gasteiger charge is -2.15. The molecule has 1 atom stereocenters. The third-order valence-electron chi connectivity index (χ3n) is 2.64. The van der Waals surface area contributed by atoms with Gasteiger partial charge in [-0.15, -0.1) is 0 Å². The van der Waals surface area contributed by atoms with Gasteiger partial charge in [0.25, 0.3) is 0 Å². The third kappa shape index (κ3) is 2.39. The average molecular weight is 352 g/mol. The van der Waals surface area contributed by atoms with E-state index in [9.17, 15) is 8.42 Å². The van der Waals surface area contributed by atoms with E-state index < -0.39 is 10.0 Å². The number of rotatable bonds is 2. The van der Waals surface area contributed by atoms with Gasteiger partial charge in [-0.1, -0.05) is 0 Å². The molecular weight excluding hydrogens is 339 g/mol. The van der Waals surface area contributed by atoms with Gasteiger partial charge in [0.1, 0.15) is 0 Å². The molecule has 0 radical (unpaired) electrons. The van der Waals surface area contributed by atoms with Crippen molar-refractivity contribution >= 4 is 32.6 Å². The molecule has 0 bridgehead atoms. The molecule has 88 valence electrons. The molecule has 1 heterocycles. The lowest BCUT2D eigenvalue weighted by atomic mass is 10.3. The van der Waals surface area contributed by atoms with E-state index >= 15 is 0 Å². The van der Waals surface area contributed by atoms with Crippen molar-refractivity contribution in [2.75, 3.05) is 13.1 Å². The fourth-order valence-corrected chi connectivity index (χ4v) is 3.60. The van der Waals surface area contributed by atoms with Crippen molar-refractivity contribution in [3.8, 4) is 0 Å². The number of nitrogens with zero attached hydrogens (tertiary/aromatic N) is 1. The largest absolute Gasteiger partial charge is 0.326 e. The SMILES string of the molecule is N[C@@H]1CCN(S(=O)(=O)c2ccc(I)cc2)C1. The van der Waals surface area contributed by atoms with Gasteiger partial charge < -0.3 is 5.73 Å². The molecule has 1 aromatic rings. The lowest BCUT2D eigenvalue weighted by Crippen LogP contribution is -2.31. The Morgan fingerprint density at radius 2 is 1.94 bits per heavy atom. The highest BCUT2D eigenvalue weighted by molar-refractivity contribution is 14.1. The zero-order valence-electron chi connectivity index (χ0n) is 8.64. The highest BCUT2D eigenvalue weighted by Gasteiger charge is 2.30. The maximum atomic E-state index is 12.2. The van der Waals surface area contributed by atoms with Crippen LogP contribution in [0.25, 0.3) is 0 Å². The second-order valence-corrected chi connectivity index (χ2v) is 7.05. The zero-order chi connectivity index (χ0) is 11.8. The van der Waals surface area contributed by atoms with Crippen LogP contribution >= 0.6 is 22.6 Å². The third-order valence-corrected chi connectivity index (χ3v) is 5.24. The Morgan fingerprint density at radius 3 is 2.44 bits per heavy atom. The Labute approximate surface area is 109 Å². The highest BCUT2D eigenvalue weighted by Crippen LogP contribution is 2.20. The van der Waals surface area contributed by atoms with Crippen LogP contribution < -0.4 is 5.73 Å². The number of benzene rings is 1. The molecule has 1 aliphatic heterocycles. The second kappa shape index (κ2) is 4.59. The first kappa shape index (κ1) is 12.3. The van der Waals surface area contributed by atoms with Crippen LogP contribution in [-0.2, 0) is 10.0 Å². The standard InChI is InChI=1S/C10H13IN2O2S/c11-8-1-3-10(4-2-8)16(14,15)13-6-5-9(12)7-13/h1-4,9H,5-7,12H2/t9-/m1/s1. The predicted octanol–water partition coefficient (Wildman–Crippen LogP) is 1.01. The number of hydrogen-bond acceptors (Lipinski definition) is 3. The van der Waals surface area contributed by atoms with Crippen LogP contribution in [0.5, 0.6) is 0 Å². The van der Waals surface area contributed by atoms with Crippen molar-refractivity contribution in [1.29, 1.82) is 0 Å². The Bertz CT molecular complexity index is 472. The van der Waals surface area contributed by atoms with Crippen LogP contribution in [0.2, 0.25) is 0 Å². The molecular formula is C10H13IN2O2S. The fraction of sp³-hybridized carbons (Fsp3) is 0.400. The number of hydrogen-bond donors (Lipinski definition) is 1.